The van der Waals surface area contributed by atoms with Crippen molar-refractivity contribution in [3.05, 3.63) is 36.5 Å². The van der Waals surface area contributed by atoms with Crippen LogP contribution in [-0.4, -0.2) is 57.3 Å². The Morgan fingerprint density at radius 2 is 0.712 bits per heavy atom. The number of aliphatic hydroxyl groups excluding tert-OH is 4. The molecule has 4 unspecified atom stereocenters. The average molecular weight is 832 g/mol. The fourth-order valence-corrected chi connectivity index (χ4v) is 7.97. The molecule has 1 amide bonds. The molecule has 5 N–H and O–H groups in total. The number of hydrogen-bond acceptors (Lipinski definition) is 5. The first-order chi connectivity index (χ1) is 29.0. The summed E-state index contributed by atoms with van der Waals surface area (Å²) in [5.74, 6) is -0.597. The van der Waals surface area contributed by atoms with Crippen LogP contribution in [0.3, 0.4) is 0 Å². The van der Waals surface area contributed by atoms with E-state index in [1.165, 1.54) is 180 Å². The van der Waals surface area contributed by atoms with Gasteiger partial charge in [0.25, 0.3) is 0 Å². The van der Waals surface area contributed by atoms with E-state index in [0.29, 0.717) is 19.3 Å². The van der Waals surface area contributed by atoms with E-state index in [1.807, 2.05) is 0 Å². The number of rotatable bonds is 47. The first-order valence-electron chi connectivity index (χ1n) is 25.9. The molecular formula is C53H101NO5. The van der Waals surface area contributed by atoms with E-state index in [0.717, 1.165) is 51.4 Å². The van der Waals surface area contributed by atoms with Gasteiger partial charge in [-0.15, -0.1) is 0 Å². The Morgan fingerprint density at radius 1 is 0.407 bits per heavy atom. The van der Waals surface area contributed by atoms with Crippen LogP contribution >= 0.6 is 0 Å². The van der Waals surface area contributed by atoms with Gasteiger partial charge >= 0.3 is 0 Å². The van der Waals surface area contributed by atoms with Crippen molar-refractivity contribution < 1.29 is 25.2 Å². The molecule has 0 radical (unpaired) electrons. The van der Waals surface area contributed by atoms with E-state index in [2.05, 4.69) is 55.6 Å². The van der Waals surface area contributed by atoms with Gasteiger partial charge in [-0.05, 0) is 64.2 Å². The molecular weight excluding hydrogens is 731 g/mol. The van der Waals surface area contributed by atoms with Crippen LogP contribution in [0.5, 0.6) is 0 Å². The Hall–Kier alpha value is -1.47. The van der Waals surface area contributed by atoms with Gasteiger partial charge in [0.15, 0.2) is 0 Å². The summed E-state index contributed by atoms with van der Waals surface area (Å²) in [6.07, 6.45) is 57.7. The number of carbonyl (C=O) groups excluding carboxylic acids is 1. The lowest BCUT2D eigenvalue weighted by atomic mass is 10.00. The predicted octanol–water partition coefficient (Wildman–Crippen LogP) is 14.5. The zero-order valence-electron chi connectivity index (χ0n) is 39.3. The van der Waals surface area contributed by atoms with Gasteiger partial charge in [0.1, 0.15) is 12.2 Å². The summed E-state index contributed by atoms with van der Waals surface area (Å²) < 4.78 is 0. The molecule has 0 heterocycles. The number of nitrogens with one attached hydrogen (secondary N) is 1. The van der Waals surface area contributed by atoms with E-state index in [9.17, 15) is 25.2 Å². The number of aliphatic hydroxyl groups is 4. The van der Waals surface area contributed by atoms with Gasteiger partial charge in [0, 0.05) is 0 Å². The van der Waals surface area contributed by atoms with Crippen LogP contribution in [0, 0.1) is 0 Å². The Labute approximate surface area is 367 Å². The van der Waals surface area contributed by atoms with Crippen LogP contribution in [0.25, 0.3) is 0 Å². The standard InChI is InChI=1S/C53H101NO5/c1-3-5-7-9-11-13-15-17-19-21-23-24-25-26-27-28-29-31-32-34-36-38-40-42-44-46-50(56)52(58)49(48-55)54-53(59)51(57)47-45-43-41-39-37-35-33-30-22-20-18-16-14-12-10-8-6-4-2/h26-27,31-32,38,40,49-52,55-58H,3-25,28-30,33-37,39,41-48H2,1-2H3,(H,54,59)/b27-26+,32-31+,40-38+. The Balaban J connectivity index is 3.74. The molecule has 0 aromatic rings. The molecule has 0 aliphatic heterocycles. The highest BCUT2D eigenvalue weighted by atomic mass is 16.3. The van der Waals surface area contributed by atoms with Crippen LogP contribution in [0.15, 0.2) is 36.5 Å². The molecule has 348 valence electrons. The predicted molar refractivity (Wildman–Crippen MR) is 256 cm³/mol. The number of unbranched alkanes of at least 4 members (excludes halogenated alkanes) is 32. The van der Waals surface area contributed by atoms with Crippen molar-refractivity contribution in [1.82, 2.24) is 5.32 Å². The zero-order chi connectivity index (χ0) is 43.1. The van der Waals surface area contributed by atoms with Gasteiger partial charge in [0.2, 0.25) is 5.91 Å². The fraction of sp³-hybridized carbons (Fsp3) is 0.868. The summed E-state index contributed by atoms with van der Waals surface area (Å²) in [5.41, 5.74) is 0. The summed E-state index contributed by atoms with van der Waals surface area (Å²) in [7, 11) is 0. The van der Waals surface area contributed by atoms with Gasteiger partial charge < -0.3 is 25.7 Å². The summed E-state index contributed by atoms with van der Waals surface area (Å²) in [4.78, 5) is 12.5. The Kier molecular flexibility index (Phi) is 46.4. The first kappa shape index (κ1) is 57.5. The second-order valence-electron chi connectivity index (χ2n) is 17.8. The molecule has 4 atom stereocenters. The van der Waals surface area contributed by atoms with Crippen molar-refractivity contribution in [3.8, 4) is 0 Å². The molecule has 0 aromatic carbocycles. The maximum absolute atomic E-state index is 12.5. The molecule has 0 aliphatic carbocycles. The van der Waals surface area contributed by atoms with Crippen LogP contribution in [0.4, 0.5) is 0 Å². The van der Waals surface area contributed by atoms with Crippen LogP contribution in [0.1, 0.15) is 264 Å². The zero-order valence-corrected chi connectivity index (χ0v) is 39.3. The van der Waals surface area contributed by atoms with Crippen molar-refractivity contribution in [1.29, 1.82) is 0 Å². The number of carbonyl (C=O) groups is 1. The molecule has 0 saturated heterocycles. The smallest absolute Gasteiger partial charge is 0.249 e. The molecule has 0 rings (SSSR count). The second-order valence-corrected chi connectivity index (χ2v) is 17.8. The number of hydrogen-bond donors (Lipinski definition) is 5. The lowest BCUT2D eigenvalue weighted by Gasteiger charge is -2.27. The summed E-state index contributed by atoms with van der Waals surface area (Å²) >= 11 is 0. The molecule has 6 nitrogen and oxygen atoms in total. The third kappa shape index (κ3) is 41.6. The largest absolute Gasteiger partial charge is 0.394 e. The maximum Gasteiger partial charge on any atom is 0.249 e. The summed E-state index contributed by atoms with van der Waals surface area (Å²) in [6, 6.07) is -1.01. The molecule has 0 fully saturated rings. The topological polar surface area (TPSA) is 110 Å². The molecule has 0 spiro atoms. The van der Waals surface area contributed by atoms with Gasteiger partial charge in [-0.2, -0.15) is 0 Å². The van der Waals surface area contributed by atoms with E-state index in [4.69, 9.17) is 0 Å². The van der Waals surface area contributed by atoms with Gasteiger partial charge in [-0.3, -0.25) is 4.79 Å². The highest BCUT2D eigenvalue weighted by molar-refractivity contribution is 5.80. The van der Waals surface area contributed by atoms with Crippen molar-refractivity contribution >= 4 is 5.91 Å². The van der Waals surface area contributed by atoms with Gasteiger partial charge in [-0.1, -0.05) is 237 Å². The molecule has 6 heteroatoms. The number of allylic oxidation sites excluding steroid dienone is 6. The van der Waals surface area contributed by atoms with E-state index < -0.39 is 36.9 Å². The van der Waals surface area contributed by atoms with E-state index in [1.54, 1.807) is 0 Å². The third-order valence-electron chi connectivity index (χ3n) is 12.1. The normalized spacial score (nSPS) is 14.2. The van der Waals surface area contributed by atoms with Gasteiger partial charge in [0.05, 0.1) is 18.8 Å². The molecule has 0 aromatic heterocycles. The minimum atomic E-state index is -1.29. The molecule has 0 bridgehead atoms. The second kappa shape index (κ2) is 47.6. The Bertz CT molecular complexity index is 935. The maximum atomic E-state index is 12.5. The highest BCUT2D eigenvalue weighted by Gasteiger charge is 2.28. The van der Waals surface area contributed by atoms with Crippen molar-refractivity contribution in [3.63, 3.8) is 0 Å². The fourth-order valence-electron chi connectivity index (χ4n) is 7.97. The van der Waals surface area contributed by atoms with Crippen molar-refractivity contribution in [2.45, 2.75) is 289 Å². The van der Waals surface area contributed by atoms with Crippen LogP contribution in [0.2, 0.25) is 0 Å². The highest BCUT2D eigenvalue weighted by Crippen LogP contribution is 2.17. The first-order valence-corrected chi connectivity index (χ1v) is 25.9. The lowest BCUT2D eigenvalue weighted by Crippen LogP contribution is -2.53. The summed E-state index contributed by atoms with van der Waals surface area (Å²) in [6.45, 7) is 4.06. The van der Waals surface area contributed by atoms with Crippen LogP contribution in [-0.2, 0) is 4.79 Å². The van der Waals surface area contributed by atoms with Gasteiger partial charge in [-0.25, -0.2) is 0 Å². The quantitative estimate of drug-likeness (QED) is 0.0310. The SMILES string of the molecule is CCCCCCCCCCCCCC/C=C/CC/C=C/CC/C=C/CCCC(O)C(O)C(CO)NC(=O)C(O)CCCCCCCCCCCCCCCCCCCC. The molecule has 59 heavy (non-hydrogen) atoms. The monoisotopic (exact) mass is 832 g/mol. The van der Waals surface area contributed by atoms with Crippen LogP contribution < -0.4 is 5.32 Å². The van der Waals surface area contributed by atoms with E-state index >= 15 is 0 Å². The summed E-state index contributed by atoms with van der Waals surface area (Å²) in [5, 5.41) is 43.8. The third-order valence-corrected chi connectivity index (χ3v) is 12.1. The molecule has 0 saturated carbocycles. The van der Waals surface area contributed by atoms with Crippen molar-refractivity contribution in [2.24, 2.45) is 0 Å². The minimum Gasteiger partial charge on any atom is -0.394 e. The van der Waals surface area contributed by atoms with E-state index in [-0.39, 0.29) is 0 Å². The lowest BCUT2D eigenvalue weighted by molar-refractivity contribution is -0.132. The minimum absolute atomic E-state index is 0.362. The van der Waals surface area contributed by atoms with Crippen molar-refractivity contribution in [2.75, 3.05) is 6.61 Å². The number of amides is 1. The molecule has 0 aliphatic rings. The average Bonchev–Trinajstić information content (AvgIpc) is 3.24. The Morgan fingerprint density at radius 3 is 1.07 bits per heavy atom.